The highest BCUT2D eigenvalue weighted by Crippen LogP contribution is 2.66. The molecule has 3 aromatic rings. The van der Waals surface area contributed by atoms with E-state index in [4.69, 9.17) is 25.0 Å². The van der Waals surface area contributed by atoms with Crippen molar-refractivity contribution >= 4 is 51.7 Å². The highest BCUT2D eigenvalue weighted by Gasteiger charge is 2.43. The Kier molecular flexibility index (Phi) is 11.2. The zero-order valence-corrected chi connectivity index (χ0v) is 27.4. The van der Waals surface area contributed by atoms with E-state index in [2.05, 4.69) is 23.1 Å². The minimum atomic E-state index is -5.77. The van der Waals surface area contributed by atoms with Crippen molar-refractivity contribution in [3.63, 3.8) is 0 Å². The molecular weight excluding hydrogens is 713 g/mol. The van der Waals surface area contributed by atoms with Crippen LogP contribution >= 0.6 is 23.5 Å². The van der Waals surface area contributed by atoms with E-state index >= 15 is 0 Å². The van der Waals surface area contributed by atoms with Crippen LogP contribution in [0.3, 0.4) is 0 Å². The predicted molar refractivity (Wildman–Crippen MR) is 158 cm³/mol. The molecule has 0 bridgehead atoms. The maximum Gasteiger partial charge on any atom is 0.490 e. The molecule has 0 saturated carbocycles. The molecule has 0 radical (unpaired) electrons. The number of rotatable bonds is 15. The minimum absolute atomic E-state index is 0.0159. The number of hydrogen-bond donors (Lipinski definition) is 6. The van der Waals surface area contributed by atoms with E-state index in [1.54, 1.807) is 13.8 Å². The number of ether oxygens (including phenoxy) is 2. The first-order valence-electron chi connectivity index (χ1n) is 13.4. The van der Waals surface area contributed by atoms with Crippen LogP contribution in [0.25, 0.3) is 11.0 Å². The lowest BCUT2D eigenvalue weighted by Gasteiger charge is -2.21. The van der Waals surface area contributed by atoms with Crippen LogP contribution in [0.1, 0.15) is 43.7 Å². The number of aliphatic hydroxyl groups is 1. The standard InChI is InChI=1S/C22H29N6O17P3/c1-11(2)20(19-13(27(30)31)4-3-5-14(19)28(32)33)41-8-12-7-26(22-18(12)21(23)24-10-25-22)17-6-15(29)16(43-17)9-42-47(37,38)45-48(39,40)44-46(34,35)36/h3-5,7,10-11,15-17,20,29H,6,8-9H2,1-2H3,(H,37,38)(H,39,40)(H2,23,24,25)(H2,34,35,36)/t15?,16-,17-,20?/m1/s1. The van der Waals surface area contributed by atoms with Gasteiger partial charge in [0.1, 0.15) is 35.7 Å². The van der Waals surface area contributed by atoms with Crippen molar-refractivity contribution in [2.45, 2.75) is 51.4 Å². The summed E-state index contributed by atoms with van der Waals surface area (Å²) in [4.78, 5) is 66.7. The van der Waals surface area contributed by atoms with Gasteiger partial charge >= 0.3 is 23.5 Å². The summed E-state index contributed by atoms with van der Waals surface area (Å²) in [6.07, 6.45) is -2.50. The lowest BCUT2D eigenvalue weighted by Crippen LogP contribution is -2.26. The third kappa shape index (κ3) is 8.84. The van der Waals surface area contributed by atoms with Gasteiger partial charge in [-0.25, -0.2) is 23.7 Å². The van der Waals surface area contributed by atoms with Crippen molar-refractivity contribution in [1.82, 2.24) is 14.5 Å². The Morgan fingerprint density at radius 1 is 1.06 bits per heavy atom. The highest BCUT2D eigenvalue weighted by molar-refractivity contribution is 7.66. The van der Waals surface area contributed by atoms with Gasteiger partial charge < -0.3 is 44.5 Å². The van der Waals surface area contributed by atoms with Crippen molar-refractivity contribution < 1.29 is 70.8 Å². The number of phosphoric acid groups is 3. The second-order valence-corrected chi connectivity index (χ2v) is 15.0. The summed E-state index contributed by atoms with van der Waals surface area (Å²) in [5, 5.41) is 34.4. The number of hydrogen-bond acceptors (Lipinski definition) is 16. The smallest absolute Gasteiger partial charge is 0.390 e. The van der Waals surface area contributed by atoms with Crippen molar-refractivity contribution in [2.24, 2.45) is 5.92 Å². The van der Waals surface area contributed by atoms with Gasteiger partial charge in [-0.2, -0.15) is 8.62 Å². The number of phosphoric ester groups is 1. The van der Waals surface area contributed by atoms with E-state index in [-0.39, 0.29) is 35.4 Å². The number of nitrogens with zero attached hydrogens (tertiary/aromatic N) is 5. The van der Waals surface area contributed by atoms with E-state index in [0.29, 0.717) is 5.56 Å². The molecule has 48 heavy (non-hydrogen) atoms. The molecule has 0 amide bonds. The van der Waals surface area contributed by atoms with Crippen LogP contribution in [0.2, 0.25) is 0 Å². The summed E-state index contributed by atoms with van der Waals surface area (Å²) >= 11 is 0. The number of nitro groups is 2. The average Bonchev–Trinajstić information content (AvgIpc) is 3.50. The number of aromatic nitrogens is 3. The summed E-state index contributed by atoms with van der Waals surface area (Å²) in [6.45, 7) is 2.08. The van der Waals surface area contributed by atoms with Gasteiger partial charge in [-0.15, -0.1) is 0 Å². The third-order valence-electron chi connectivity index (χ3n) is 6.81. The van der Waals surface area contributed by atoms with Gasteiger partial charge in [0, 0.05) is 30.3 Å². The number of anilines is 1. The number of nitro benzene ring substituents is 2. The van der Waals surface area contributed by atoms with Crippen molar-refractivity contribution in [1.29, 1.82) is 0 Å². The molecule has 4 unspecified atom stereocenters. The van der Waals surface area contributed by atoms with E-state index in [0.717, 1.165) is 18.5 Å². The normalized spacial score (nSPS) is 21.6. The first kappa shape index (κ1) is 37.5. The van der Waals surface area contributed by atoms with Crippen molar-refractivity contribution in [3.8, 4) is 0 Å². The van der Waals surface area contributed by atoms with Crippen molar-refractivity contribution in [3.05, 3.63) is 62.1 Å². The first-order chi connectivity index (χ1) is 22.2. The fraction of sp³-hybridized carbons (Fsp3) is 0.455. The molecule has 0 spiro atoms. The zero-order valence-electron chi connectivity index (χ0n) is 24.7. The number of nitrogens with two attached hydrogens (primary N) is 1. The first-order valence-corrected chi connectivity index (χ1v) is 18.0. The monoisotopic (exact) mass is 742 g/mol. The Morgan fingerprint density at radius 3 is 2.25 bits per heavy atom. The van der Waals surface area contributed by atoms with Crippen LogP contribution < -0.4 is 5.73 Å². The molecule has 1 saturated heterocycles. The van der Waals surface area contributed by atoms with Gasteiger partial charge in [0.05, 0.1) is 40.7 Å². The summed E-state index contributed by atoms with van der Waals surface area (Å²) in [5.74, 6) is -0.506. The number of nitrogen functional groups attached to an aromatic ring is 1. The molecule has 264 valence electrons. The molecule has 2 aromatic heterocycles. The predicted octanol–water partition coefficient (Wildman–Crippen LogP) is 2.74. The summed E-state index contributed by atoms with van der Waals surface area (Å²) in [7, 11) is -16.9. The lowest BCUT2D eigenvalue weighted by molar-refractivity contribution is -0.397. The molecule has 0 aliphatic carbocycles. The Balaban J connectivity index is 1.57. The van der Waals surface area contributed by atoms with Crippen LogP contribution in [-0.4, -0.2) is 67.9 Å². The molecule has 23 nitrogen and oxygen atoms in total. The average molecular weight is 742 g/mol. The van der Waals surface area contributed by atoms with Gasteiger partial charge in [-0.3, -0.25) is 24.8 Å². The summed E-state index contributed by atoms with van der Waals surface area (Å²) in [5.41, 5.74) is 5.36. The van der Waals surface area contributed by atoms with Crippen LogP contribution in [0, 0.1) is 26.1 Å². The molecule has 1 fully saturated rings. The molecule has 6 atom stereocenters. The van der Waals surface area contributed by atoms with Gasteiger partial charge in [0.2, 0.25) is 0 Å². The van der Waals surface area contributed by atoms with E-state index < -0.39 is 81.8 Å². The third-order valence-corrected chi connectivity index (χ3v) is 10.6. The topological polar surface area (TPSA) is 342 Å². The Hall–Kier alpha value is -3.27. The van der Waals surface area contributed by atoms with Gasteiger partial charge in [0.15, 0.2) is 0 Å². The quantitative estimate of drug-likeness (QED) is 0.0740. The molecule has 3 heterocycles. The minimum Gasteiger partial charge on any atom is -0.390 e. The number of fused-ring (bicyclic) bond motifs is 1. The fourth-order valence-corrected chi connectivity index (χ4v) is 7.99. The summed E-state index contributed by atoms with van der Waals surface area (Å²) < 4.78 is 59.7. The molecule has 1 aromatic carbocycles. The molecule has 1 aliphatic rings. The van der Waals surface area contributed by atoms with Gasteiger partial charge in [0.25, 0.3) is 11.4 Å². The Labute approximate surface area is 269 Å². The SMILES string of the molecule is CC(C)C(OCc1cn([C@H]2CC(O)[C@@H](COP(=O)(O)OP(=O)(O)OP(=O)(O)O)O2)c2ncnc(N)c12)c1c([N+](=O)[O-])cccc1[N+](=O)[O-]. The second kappa shape index (κ2) is 14.3. The van der Waals surface area contributed by atoms with E-state index in [9.17, 15) is 48.8 Å². The molecule has 26 heteroatoms. The van der Waals surface area contributed by atoms with Crippen LogP contribution in [0.15, 0.2) is 30.7 Å². The molecular formula is C22H29N6O17P3. The maximum absolute atomic E-state index is 12.1. The lowest BCUT2D eigenvalue weighted by atomic mass is 9.95. The molecule has 7 N–H and O–H groups in total. The van der Waals surface area contributed by atoms with Gasteiger partial charge in [-0.1, -0.05) is 13.8 Å². The fourth-order valence-electron chi connectivity index (χ4n) is 4.96. The van der Waals surface area contributed by atoms with E-state index in [1.165, 1.54) is 16.8 Å². The summed E-state index contributed by atoms with van der Waals surface area (Å²) in [6, 6.07) is 3.44. The van der Waals surface area contributed by atoms with Crippen LogP contribution in [-0.2, 0) is 42.9 Å². The largest absolute Gasteiger partial charge is 0.490 e. The zero-order chi connectivity index (χ0) is 35.8. The Bertz CT molecular complexity index is 1820. The maximum atomic E-state index is 12.1. The number of benzene rings is 1. The highest BCUT2D eigenvalue weighted by atomic mass is 31.3. The second-order valence-electron chi connectivity index (χ2n) is 10.5. The van der Waals surface area contributed by atoms with Gasteiger partial charge in [-0.05, 0) is 12.0 Å². The molecule has 4 rings (SSSR count). The van der Waals surface area contributed by atoms with Crippen LogP contribution in [0.4, 0.5) is 17.2 Å². The Morgan fingerprint density at radius 2 is 1.69 bits per heavy atom. The number of aliphatic hydroxyl groups excluding tert-OH is 1. The van der Waals surface area contributed by atoms with Crippen LogP contribution in [0.5, 0.6) is 0 Å². The molecule has 1 aliphatic heterocycles. The van der Waals surface area contributed by atoms with E-state index in [1.807, 2.05) is 0 Å². The van der Waals surface area contributed by atoms with Crippen molar-refractivity contribution in [2.75, 3.05) is 12.3 Å².